The number of aliphatic hydroxyl groups excluding tert-OH is 1. The number of rotatable bonds is 5. The van der Waals surface area contributed by atoms with Crippen molar-refractivity contribution in [3.05, 3.63) is 20.8 Å². The largest absolute Gasteiger partial charge is 0.385 e. The predicted molar refractivity (Wildman–Crippen MR) is 79.0 cm³/mol. The summed E-state index contributed by atoms with van der Waals surface area (Å²) < 4.78 is 6.86. The first-order valence-electron chi connectivity index (χ1n) is 6.76. The highest BCUT2D eigenvalue weighted by Crippen LogP contribution is 2.38. The summed E-state index contributed by atoms with van der Waals surface area (Å²) in [6.45, 7) is 2.67. The molecule has 0 bridgehead atoms. The van der Waals surface area contributed by atoms with Gasteiger partial charge in [-0.15, -0.1) is 11.3 Å². The zero-order valence-corrected chi connectivity index (χ0v) is 13.2. The molecule has 1 aliphatic rings. The van der Waals surface area contributed by atoms with Crippen LogP contribution >= 0.6 is 27.3 Å². The van der Waals surface area contributed by atoms with Crippen molar-refractivity contribution in [1.82, 2.24) is 0 Å². The topological polar surface area (TPSA) is 29.5 Å². The van der Waals surface area contributed by atoms with Gasteiger partial charge in [-0.25, -0.2) is 0 Å². The fourth-order valence-electron chi connectivity index (χ4n) is 2.81. The molecule has 0 amide bonds. The van der Waals surface area contributed by atoms with Crippen molar-refractivity contribution in [1.29, 1.82) is 0 Å². The normalized spacial score (nSPS) is 20.8. The molecule has 1 heterocycles. The van der Waals surface area contributed by atoms with Gasteiger partial charge in [-0.1, -0.05) is 19.3 Å². The van der Waals surface area contributed by atoms with Crippen LogP contribution < -0.4 is 0 Å². The first kappa shape index (κ1) is 14.5. The lowest BCUT2D eigenvalue weighted by molar-refractivity contribution is -0.0728. The van der Waals surface area contributed by atoms with Crippen LogP contribution in [0, 0.1) is 5.92 Å². The Labute approximate surface area is 121 Å². The molecule has 0 aliphatic heterocycles. The third-order valence-electron chi connectivity index (χ3n) is 3.70. The van der Waals surface area contributed by atoms with Gasteiger partial charge >= 0.3 is 0 Å². The molecule has 2 atom stereocenters. The SMILES string of the molecule is CCOC(C1CCCCC1)C(O)c1sccc1Br. The molecule has 0 saturated heterocycles. The molecule has 2 rings (SSSR count). The van der Waals surface area contributed by atoms with Crippen LogP contribution in [0.1, 0.15) is 50.0 Å². The third-order valence-corrected chi connectivity index (χ3v) is 5.64. The second kappa shape index (κ2) is 7.04. The van der Waals surface area contributed by atoms with E-state index in [1.807, 2.05) is 18.4 Å². The average Bonchev–Trinajstić information content (AvgIpc) is 2.82. The second-order valence-electron chi connectivity index (χ2n) is 4.90. The van der Waals surface area contributed by atoms with E-state index >= 15 is 0 Å². The summed E-state index contributed by atoms with van der Waals surface area (Å²) in [5, 5.41) is 12.6. The summed E-state index contributed by atoms with van der Waals surface area (Å²) in [4.78, 5) is 0.999. The lowest BCUT2D eigenvalue weighted by Crippen LogP contribution is -2.32. The smallest absolute Gasteiger partial charge is 0.116 e. The Balaban J connectivity index is 2.10. The number of aliphatic hydroxyl groups is 1. The summed E-state index contributed by atoms with van der Waals surface area (Å²) >= 11 is 5.10. The minimum atomic E-state index is -0.498. The minimum Gasteiger partial charge on any atom is -0.385 e. The van der Waals surface area contributed by atoms with Gasteiger partial charge in [-0.3, -0.25) is 0 Å². The van der Waals surface area contributed by atoms with Crippen molar-refractivity contribution in [2.24, 2.45) is 5.92 Å². The van der Waals surface area contributed by atoms with Crippen LogP contribution in [0.3, 0.4) is 0 Å². The van der Waals surface area contributed by atoms with Crippen molar-refractivity contribution in [2.75, 3.05) is 6.61 Å². The van der Waals surface area contributed by atoms with Crippen LogP contribution in [-0.4, -0.2) is 17.8 Å². The van der Waals surface area contributed by atoms with E-state index in [1.165, 1.54) is 32.1 Å². The molecule has 1 aromatic heterocycles. The number of halogens is 1. The first-order valence-corrected chi connectivity index (χ1v) is 8.43. The Kier molecular flexibility index (Phi) is 5.67. The average molecular weight is 333 g/mol. The van der Waals surface area contributed by atoms with E-state index in [2.05, 4.69) is 15.9 Å². The second-order valence-corrected chi connectivity index (χ2v) is 6.70. The van der Waals surface area contributed by atoms with Gasteiger partial charge in [0.25, 0.3) is 0 Å². The van der Waals surface area contributed by atoms with Gasteiger partial charge in [0.1, 0.15) is 6.10 Å². The quantitative estimate of drug-likeness (QED) is 0.858. The minimum absolute atomic E-state index is 0.0507. The Morgan fingerprint density at radius 3 is 2.72 bits per heavy atom. The standard InChI is InChI=1S/C14H21BrO2S/c1-2-17-13(10-6-4-3-5-7-10)12(16)14-11(15)8-9-18-14/h8-10,12-13,16H,2-7H2,1H3. The summed E-state index contributed by atoms with van der Waals surface area (Å²) in [6.07, 6.45) is 5.69. The first-order chi connectivity index (χ1) is 8.74. The fraction of sp³-hybridized carbons (Fsp3) is 0.714. The fourth-order valence-corrected chi connectivity index (χ4v) is 4.43. The highest BCUT2D eigenvalue weighted by Gasteiger charge is 2.32. The molecule has 18 heavy (non-hydrogen) atoms. The summed E-state index contributed by atoms with van der Waals surface area (Å²) in [5.41, 5.74) is 0. The molecule has 4 heteroatoms. The Bertz CT molecular complexity index is 360. The molecule has 2 unspecified atom stereocenters. The van der Waals surface area contributed by atoms with Crippen molar-refractivity contribution < 1.29 is 9.84 Å². The molecule has 1 fully saturated rings. The Hall–Kier alpha value is 0.100. The Morgan fingerprint density at radius 1 is 1.44 bits per heavy atom. The molecular formula is C14H21BrO2S. The van der Waals surface area contributed by atoms with Crippen LogP contribution in [0.15, 0.2) is 15.9 Å². The molecule has 102 valence electrons. The lowest BCUT2D eigenvalue weighted by Gasteiger charge is -2.33. The molecule has 1 N–H and O–H groups in total. The third kappa shape index (κ3) is 3.35. The van der Waals surface area contributed by atoms with E-state index in [-0.39, 0.29) is 6.10 Å². The number of thiophene rings is 1. The molecule has 0 aromatic carbocycles. The molecular weight excluding hydrogens is 312 g/mol. The van der Waals surface area contributed by atoms with E-state index < -0.39 is 6.10 Å². The van der Waals surface area contributed by atoms with Crippen LogP contribution in [0.2, 0.25) is 0 Å². The van der Waals surface area contributed by atoms with Gasteiger partial charge < -0.3 is 9.84 Å². The maximum absolute atomic E-state index is 10.6. The van der Waals surface area contributed by atoms with Gasteiger partial charge in [0.2, 0.25) is 0 Å². The number of hydrogen-bond acceptors (Lipinski definition) is 3. The predicted octanol–water partition coefficient (Wildman–Crippen LogP) is 4.53. The maximum Gasteiger partial charge on any atom is 0.116 e. The number of ether oxygens (including phenoxy) is 1. The van der Waals surface area contributed by atoms with E-state index in [0.717, 1.165) is 9.35 Å². The van der Waals surface area contributed by atoms with Gasteiger partial charge in [0, 0.05) is 16.0 Å². The number of hydrogen-bond donors (Lipinski definition) is 1. The zero-order valence-electron chi connectivity index (χ0n) is 10.8. The van der Waals surface area contributed by atoms with E-state index in [4.69, 9.17) is 4.74 Å². The molecule has 1 aromatic rings. The monoisotopic (exact) mass is 332 g/mol. The molecule has 0 radical (unpaired) electrons. The summed E-state index contributed by atoms with van der Waals surface area (Å²) in [7, 11) is 0. The Morgan fingerprint density at radius 2 is 2.17 bits per heavy atom. The molecule has 0 spiro atoms. The summed E-state index contributed by atoms with van der Waals surface area (Å²) in [6, 6.07) is 1.99. The van der Waals surface area contributed by atoms with Crippen molar-refractivity contribution >= 4 is 27.3 Å². The summed E-state index contributed by atoms with van der Waals surface area (Å²) in [5.74, 6) is 0.502. The van der Waals surface area contributed by atoms with Gasteiger partial charge in [-0.2, -0.15) is 0 Å². The maximum atomic E-state index is 10.6. The highest BCUT2D eigenvalue weighted by atomic mass is 79.9. The van der Waals surface area contributed by atoms with Crippen LogP contribution in [0.4, 0.5) is 0 Å². The van der Waals surface area contributed by atoms with Crippen molar-refractivity contribution in [2.45, 2.75) is 51.2 Å². The lowest BCUT2D eigenvalue weighted by atomic mass is 9.83. The van der Waals surface area contributed by atoms with Gasteiger partial charge in [0.15, 0.2) is 0 Å². The molecule has 1 saturated carbocycles. The van der Waals surface area contributed by atoms with E-state index in [1.54, 1.807) is 11.3 Å². The molecule has 1 aliphatic carbocycles. The van der Waals surface area contributed by atoms with Crippen LogP contribution in [0.5, 0.6) is 0 Å². The van der Waals surface area contributed by atoms with Gasteiger partial charge in [0.05, 0.1) is 6.10 Å². The van der Waals surface area contributed by atoms with E-state index in [9.17, 15) is 5.11 Å². The van der Waals surface area contributed by atoms with Crippen molar-refractivity contribution in [3.63, 3.8) is 0 Å². The van der Waals surface area contributed by atoms with Crippen molar-refractivity contribution in [3.8, 4) is 0 Å². The van der Waals surface area contributed by atoms with Crippen LogP contribution in [0.25, 0.3) is 0 Å². The molecule has 2 nitrogen and oxygen atoms in total. The van der Waals surface area contributed by atoms with E-state index in [0.29, 0.717) is 12.5 Å². The zero-order chi connectivity index (χ0) is 13.0. The highest BCUT2D eigenvalue weighted by molar-refractivity contribution is 9.10. The van der Waals surface area contributed by atoms with Crippen LogP contribution in [-0.2, 0) is 4.74 Å². The van der Waals surface area contributed by atoms with Gasteiger partial charge in [-0.05, 0) is 53.1 Å².